The van der Waals surface area contributed by atoms with E-state index in [1.54, 1.807) is 23.3 Å². The lowest BCUT2D eigenvalue weighted by Crippen LogP contribution is -2.12. The molecule has 7 nitrogen and oxygen atoms in total. The van der Waals surface area contributed by atoms with E-state index in [1.165, 1.54) is 0 Å². The number of carbonyl (C=O) groups excluding carboxylic acids is 1. The topological polar surface area (TPSA) is 95.9 Å². The zero-order chi connectivity index (χ0) is 12.1. The molecule has 0 aliphatic carbocycles. The molecule has 2 aromatic rings. The molecule has 0 aromatic carbocycles. The lowest BCUT2D eigenvalue weighted by molar-refractivity contribution is 0.149. The van der Waals surface area contributed by atoms with E-state index >= 15 is 0 Å². The number of ether oxygens (including phenoxy) is 1. The number of aromatic nitrogens is 4. The summed E-state index contributed by atoms with van der Waals surface area (Å²) >= 11 is 0. The molecule has 0 unspecified atom stereocenters. The number of nitrogens with zero attached hydrogens (tertiary/aromatic N) is 4. The van der Waals surface area contributed by atoms with Gasteiger partial charge >= 0.3 is 6.09 Å². The summed E-state index contributed by atoms with van der Waals surface area (Å²) in [4.78, 5) is 14.3. The SMILES string of the molecule is NC(=O)OCc1cn(Cc2ccncc2)nn1. The zero-order valence-corrected chi connectivity index (χ0v) is 8.98. The average Bonchev–Trinajstić information content (AvgIpc) is 2.75. The highest BCUT2D eigenvalue weighted by Crippen LogP contribution is 2.01. The molecular weight excluding hydrogens is 222 g/mol. The fourth-order valence-corrected chi connectivity index (χ4v) is 1.30. The molecule has 2 N–H and O–H groups in total. The van der Waals surface area contributed by atoms with Crippen molar-refractivity contribution in [2.24, 2.45) is 5.73 Å². The van der Waals surface area contributed by atoms with Gasteiger partial charge < -0.3 is 10.5 Å². The van der Waals surface area contributed by atoms with Gasteiger partial charge in [-0.1, -0.05) is 5.21 Å². The van der Waals surface area contributed by atoms with Crippen LogP contribution >= 0.6 is 0 Å². The summed E-state index contributed by atoms with van der Waals surface area (Å²) in [6, 6.07) is 3.78. The van der Waals surface area contributed by atoms with Gasteiger partial charge in [-0.3, -0.25) is 4.98 Å². The van der Waals surface area contributed by atoms with Crippen LogP contribution in [0.1, 0.15) is 11.3 Å². The van der Waals surface area contributed by atoms with E-state index in [0.717, 1.165) is 5.56 Å². The first-order chi connectivity index (χ1) is 8.24. The number of carbonyl (C=O) groups is 1. The third-order valence-corrected chi connectivity index (χ3v) is 2.04. The van der Waals surface area contributed by atoms with E-state index in [4.69, 9.17) is 5.73 Å². The molecule has 7 heteroatoms. The molecule has 0 bridgehead atoms. The van der Waals surface area contributed by atoms with E-state index in [9.17, 15) is 4.79 Å². The van der Waals surface area contributed by atoms with E-state index in [2.05, 4.69) is 20.0 Å². The summed E-state index contributed by atoms with van der Waals surface area (Å²) in [5.41, 5.74) is 6.46. The van der Waals surface area contributed by atoms with Gasteiger partial charge in [0.25, 0.3) is 0 Å². The number of amides is 1. The van der Waals surface area contributed by atoms with Crippen LogP contribution in [0.2, 0.25) is 0 Å². The van der Waals surface area contributed by atoms with Gasteiger partial charge in [-0.2, -0.15) is 0 Å². The normalized spacial score (nSPS) is 10.1. The Kier molecular flexibility index (Phi) is 3.29. The van der Waals surface area contributed by atoms with Crippen LogP contribution in [0.5, 0.6) is 0 Å². The first-order valence-electron chi connectivity index (χ1n) is 4.94. The van der Waals surface area contributed by atoms with Gasteiger partial charge in [0.15, 0.2) is 0 Å². The van der Waals surface area contributed by atoms with Crippen molar-refractivity contribution in [2.75, 3.05) is 0 Å². The fourth-order valence-electron chi connectivity index (χ4n) is 1.30. The molecule has 17 heavy (non-hydrogen) atoms. The van der Waals surface area contributed by atoms with Crippen molar-refractivity contribution in [3.05, 3.63) is 42.0 Å². The molecule has 0 aliphatic heterocycles. The first kappa shape index (κ1) is 11.1. The maximum atomic E-state index is 10.4. The van der Waals surface area contributed by atoms with Gasteiger partial charge in [-0.05, 0) is 17.7 Å². The molecule has 0 saturated heterocycles. The van der Waals surface area contributed by atoms with Crippen LogP contribution in [0.4, 0.5) is 4.79 Å². The number of hydrogen-bond acceptors (Lipinski definition) is 5. The number of hydrogen-bond donors (Lipinski definition) is 1. The van der Waals surface area contributed by atoms with Crippen LogP contribution in [0.25, 0.3) is 0 Å². The molecule has 88 valence electrons. The van der Waals surface area contributed by atoms with Gasteiger partial charge in [0.2, 0.25) is 0 Å². The third kappa shape index (κ3) is 3.26. The summed E-state index contributed by atoms with van der Waals surface area (Å²) in [5.74, 6) is 0. The maximum absolute atomic E-state index is 10.4. The minimum absolute atomic E-state index is 0.0334. The summed E-state index contributed by atoms with van der Waals surface area (Å²) in [6.07, 6.45) is 4.30. The molecule has 0 radical (unpaired) electrons. The lowest BCUT2D eigenvalue weighted by atomic mass is 10.3. The van der Waals surface area contributed by atoms with Gasteiger partial charge in [0.1, 0.15) is 12.3 Å². The Hall–Kier alpha value is -2.44. The zero-order valence-electron chi connectivity index (χ0n) is 8.98. The van der Waals surface area contributed by atoms with E-state index < -0.39 is 6.09 Å². The summed E-state index contributed by atoms with van der Waals surface area (Å²) in [7, 11) is 0. The summed E-state index contributed by atoms with van der Waals surface area (Å²) < 4.78 is 6.25. The van der Waals surface area contributed by atoms with Crippen molar-refractivity contribution < 1.29 is 9.53 Å². The standard InChI is InChI=1S/C10H11N5O2/c11-10(16)17-7-9-6-15(14-13-9)5-8-1-3-12-4-2-8/h1-4,6H,5,7H2,(H2,11,16). The largest absolute Gasteiger partial charge is 0.443 e. The van der Waals surface area contributed by atoms with Crippen LogP contribution in [-0.2, 0) is 17.9 Å². The predicted molar refractivity (Wildman–Crippen MR) is 57.7 cm³/mol. The van der Waals surface area contributed by atoms with Crippen molar-refractivity contribution in [1.82, 2.24) is 20.0 Å². The monoisotopic (exact) mass is 233 g/mol. The Balaban J connectivity index is 1.97. The summed E-state index contributed by atoms with van der Waals surface area (Å²) in [6.45, 7) is 0.623. The van der Waals surface area contributed by atoms with E-state index in [0.29, 0.717) is 12.2 Å². The van der Waals surface area contributed by atoms with Crippen molar-refractivity contribution in [2.45, 2.75) is 13.2 Å². The highest BCUT2D eigenvalue weighted by atomic mass is 16.5. The molecule has 0 aliphatic rings. The van der Waals surface area contributed by atoms with Crippen LogP contribution in [0.3, 0.4) is 0 Å². The van der Waals surface area contributed by atoms with Crippen LogP contribution in [0, 0.1) is 0 Å². The Bertz CT molecular complexity index is 496. The highest BCUT2D eigenvalue weighted by molar-refractivity contribution is 5.64. The number of rotatable bonds is 4. The van der Waals surface area contributed by atoms with Gasteiger partial charge in [0.05, 0.1) is 12.7 Å². The van der Waals surface area contributed by atoms with E-state index in [1.807, 2.05) is 12.1 Å². The minimum atomic E-state index is -0.825. The quantitative estimate of drug-likeness (QED) is 0.820. The Morgan fingerprint density at radius 2 is 2.18 bits per heavy atom. The predicted octanol–water partition coefficient (Wildman–Crippen LogP) is 0.317. The van der Waals surface area contributed by atoms with Gasteiger partial charge in [0, 0.05) is 12.4 Å². The number of nitrogens with two attached hydrogens (primary N) is 1. The van der Waals surface area contributed by atoms with Crippen LogP contribution in [-0.4, -0.2) is 26.1 Å². The number of pyridine rings is 1. The van der Waals surface area contributed by atoms with Crippen molar-refractivity contribution in [3.8, 4) is 0 Å². The maximum Gasteiger partial charge on any atom is 0.404 e. The second-order valence-corrected chi connectivity index (χ2v) is 3.37. The third-order valence-electron chi connectivity index (χ3n) is 2.04. The highest BCUT2D eigenvalue weighted by Gasteiger charge is 2.03. The Morgan fingerprint density at radius 3 is 2.88 bits per heavy atom. The smallest absolute Gasteiger partial charge is 0.404 e. The van der Waals surface area contributed by atoms with E-state index in [-0.39, 0.29) is 6.61 Å². The minimum Gasteiger partial charge on any atom is -0.443 e. The van der Waals surface area contributed by atoms with Crippen LogP contribution < -0.4 is 5.73 Å². The van der Waals surface area contributed by atoms with Crippen LogP contribution in [0.15, 0.2) is 30.7 Å². The van der Waals surface area contributed by atoms with Gasteiger partial charge in [-0.15, -0.1) is 5.10 Å². The molecule has 2 rings (SSSR count). The number of primary amides is 1. The lowest BCUT2D eigenvalue weighted by Gasteiger charge is -1.99. The Labute approximate surface area is 97.2 Å². The Morgan fingerprint density at radius 1 is 1.41 bits per heavy atom. The molecule has 0 saturated carbocycles. The average molecular weight is 233 g/mol. The fraction of sp³-hybridized carbons (Fsp3) is 0.200. The van der Waals surface area contributed by atoms with Crippen molar-refractivity contribution in [1.29, 1.82) is 0 Å². The molecule has 0 spiro atoms. The second kappa shape index (κ2) is 5.06. The summed E-state index contributed by atoms with van der Waals surface area (Å²) in [5, 5.41) is 7.75. The first-order valence-corrected chi connectivity index (χ1v) is 4.94. The molecule has 0 fully saturated rings. The molecule has 2 aromatic heterocycles. The molecule has 1 amide bonds. The van der Waals surface area contributed by atoms with Crippen molar-refractivity contribution in [3.63, 3.8) is 0 Å². The van der Waals surface area contributed by atoms with Gasteiger partial charge in [-0.25, -0.2) is 9.48 Å². The molecule has 0 atom stereocenters. The molecule has 2 heterocycles. The van der Waals surface area contributed by atoms with Crippen molar-refractivity contribution >= 4 is 6.09 Å². The second-order valence-electron chi connectivity index (χ2n) is 3.37. The molecular formula is C10H11N5O2.